The minimum Gasteiger partial charge on any atom is -0.317 e. The lowest BCUT2D eigenvalue weighted by molar-refractivity contribution is 0.102. The van der Waals surface area contributed by atoms with Crippen LogP contribution in [0.5, 0.6) is 0 Å². The van der Waals surface area contributed by atoms with Gasteiger partial charge in [0.1, 0.15) is 5.69 Å². The Morgan fingerprint density at radius 1 is 1.20 bits per heavy atom. The molecule has 3 rings (SSSR count). The second kappa shape index (κ2) is 4.73. The largest absolute Gasteiger partial charge is 0.317 e. The number of anilines is 1. The van der Waals surface area contributed by atoms with Gasteiger partial charge in [0.05, 0.1) is 34.3 Å². The van der Waals surface area contributed by atoms with Gasteiger partial charge in [-0.05, 0) is 26.0 Å². The van der Waals surface area contributed by atoms with Crippen LogP contribution in [-0.4, -0.2) is 26.1 Å². The van der Waals surface area contributed by atoms with Gasteiger partial charge in [-0.2, -0.15) is 5.10 Å². The van der Waals surface area contributed by atoms with Gasteiger partial charge in [-0.3, -0.25) is 14.9 Å². The molecule has 0 bridgehead atoms. The molecule has 20 heavy (non-hydrogen) atoms. The second-order valence-electron chi connectivity index (χ2n) is 4.51. The summed E-state index contributed by atoms with van der Waals surface area (Å²) in [7, 11) is 0. The summed E-state index contributed by atoms with van der Waals surface area (Å²) in [6.45, 7) is 3.67. The van der Waals surface area contributed by atoms with Gasteiger partial charge < -0.3 is 5.32 Å². The van der Waals surface area contributed by atoms with Crippen molar-refractivity contribution < 1.29 is 4.79 Å². The molecule has 2 aromatic heterocycles. The molecule has 2 heterocycles. The quantitative estimate of drug-likeness (QED) is 0.745. The fraction of sp³-hybridized carbons (Fsp3) is 0.143. The predicted molar refractivity (Wildman–Crippen MR) is 75.6 cm³/mol. The number of H-pyrrole nitrogens is 1. The average molecular weight is 267 g/mol. The number of hydrogen-bond acceptors (Lipinski definition) is 4. The Hall–Kier alpha value is -2.76. The van der Waals surface area contributed by atoms with Crippen LogP contribution in [0.2, 0.25) is 0 Å². The first-order valence-corrected chi connectivity index (χ1v) is 6.20. The molecular weight excluding hydrogens is 254 g/mol. The third kappa shape index (κ3) is 2.11. The molecule has 0 saturated carbocycles. The number of nitrogens with one attached hydrogen (secondary N) is 2. The van der Waals surface area contributed by atoms with Crippen LogP contribution < -0.4 is 5.32 Å². The minimum atomic E-state index is -0.296. The zero-order chi connectivity index (χ0) is 14.1. The van der Waals surface area contributed by atoms with Gasteiger partial charge in [0, 0.05) is 0 Å². The predicted octanol–water partition coefficient (Wildman–Crippen LogP) is 2.22. The number of hydrogen-bond donors (Lipinski definition) is 2. The van der Waals surface area contributed by atoms with E-state index in [4.69, 9.17) is 0 Å². The average Bonchev–Trinajstić information content (AvgIpc) is 2.78. The lowest BCUT2D eigenvalue weighted by atomic mass is 10.2. The van der Waals surface area contributed by atoms with Crippen LogP contribution in [0.25, 0.3) is 11.0 Å². The summed E-state index contributed by atoms with van der Waals surface area (Å²) in [6, 6.07) is 7.43. The Bertz CT molecular complexity index is 774. The Kier molecular flexibility index (Phi) is 2.90. The van der Waals surface area contributed by atoms with Crippen molar-refractivity contribution in [3.8, 4) is 0 Å². The highest BCUT2D eigenvalue weighted by Crippen LogP contribution is 2.17. The number of benzene rings is 1. The van der Waals surface area contributed by atoms with E-state index >= 15 is 0 Å². The number of amides is 1. The molecule has 0 saturated heterocycles. The normalized spacial score (nSPS) is 10.7. The number of aromatic nitrogens is 4. The molecule has 6 nitrogen and oxygen atoms in total. The standard InChI is InChI=1S/C14H13N5O/c1-8-13(9(2)19-18-8)17-14(20)12-7-15-10-5-3-4-6-11(10)16-12/h3-7H,1-2H3,(H,17,20)(H,18,19). The number of aromatic amines is 1. The van der Waals surface area contributed by atoms with Gasteiger partial charge >= 0.3 is 0 Å². The van der Waals surface area contributed by atoms with E-state index in [9.17, 15) is 4.79 Å². The lowest BCUT2D eigenvalue weighted by Crippen LogP contribution is -2.15. The number of fused-ring (bicyclic) bond motifs is 1. The Morgan fingerprint density at radius 2 is 1.95 bits per heavy atom. The van der Waals surface area contributed by atoms with E-state index in [2.05, 4.69) is 25.5 Å². The zero-order valence-electron chi connectivity index (χ0n) is 11.1. The molecule has 2 N–H and O–H groups in total. The van der Waals surface area contributed by atoms with E-state index in [1.54, 1.807) is 0 Å². The summed E-state index contributed by atoms with van der Waals surface area (Å²) in [4.78, 5) is 20.7. The summed E-state index contributed by atoms with van der Waals surface area (Å²) in [5.41, 5.74) is 3.98. The van der Waals surface area contributed by atoms with Crippen LogP contribution in [0.1, 0.15) is 21.9 Å². The lowest BCUT2D eigenvalue weighted by Gasteiger charge is -2.05. The smallest absolute Gasteiger partial charge is 0.275 e. The summed E-state index contributed by atoms with van der Waals surface area (Å²) in [5.74, 6) is -0.296. The number of aryl methyl sites for hydroxylation is 2. The highest BCUT2D eigenvalue weighted by Gasteiger charge is 2.13. The van der Waals surface area contributed by atoms with Crippen molar-refractivity contribution in [2.24, 2.45) is 0 Å². The zero-order valence-corrected chi connectivity index (χ0v) is 11.1. The highest BCUT2D eigenvalue weighted by atomic mass is 16.1. The number of carbonyl (C=O) groups is 1. The van der Waals surface area contributed by atoms with E-state index in [0.29, 0.717) is 11.2 Å². The maximum atomic E-state index is 12.2. The van der Waals surface area contributed by atoms with Crippen molar-refractivity contribution in [1.82, 2.24) is 20.2 Å². The molecule has 0 spiro atoms. The molecule has 3 aromatic rings. The first kappa shape index (κ1) is 12.3. The minimum absolute atomic E-state index is 0.281. The van der Waals surface area contributed by atoms with Crippen LogP contribution in [0.4, 0.5) is 5.69 Å². The maximum absolute atomic E-state index is 12.2. The molecule has 6 heteroatoms. The maximum Gasteiger partial charge on any atom is 0.275 e. The van der Waals surface area contributed by atoms with Crippen LogP contribution in [0.3, 0.4) is 0 Å². The third-order valence-electron chi connectivity index (χ3n) is 3.05. The molecule has 0 aliphatic heterocycles. The molecule has 100 valence electrons. The molecule has 0 aliphatic carbocycles. The first-order valence-electron chi connectivity index (χ1n) is 6.20. The number of carbonyl (C=O) groups excluding carboxylic acids is 1. The van der Waals surface area contributed by atoms with Gasteiger partial charge in [0.15, 0.2) is 0 Å². The number of para-hydroxylation sites is 2. The summed E-state index contributed by atoms with van der Waals surface area (Å²) in [5, 5.41) is 9.66. The van der Waals surface area contributed by atoms with Gasteiger partial charge in [-0.1, -0.05) is 12.1 Å². The Labute approximate surface area is 115 Å². The van der Waals surface area contributed by atoms with E-state index < -0.39 is 0 Å². The molecule has 0 aliphatic rings. The molecule has 0 fully saturated rings. The topological polar surface area (TPSA) is 83.6 Å². The fourth-order valence-electron chi connectivity index (χ4n) is 1.98. The van der Waals surface area contributed by atoms with Crippen LogP contribution in [0.15, 0.2) is 30.5 Å². The van der Waals surface area contributed by atoms with Crippen LogP contribution in [-0.2, 0) is 0 Å². The molecule has 0 unspecified atom stereocenters. The fourth-order valence-corrected chi connectivity index (χ4v) is 1.98. The molecule has 0 radical (unpaired) electrons. The summed E-state index contributed by atoms with van der Waals surface area (Å²) < 4.78 is 0. The molecule has 1 aromatic carbocycles. The van der Waals surface area contributed by atoms with E-state index in [-0.39, 0.29) is 11.6 Å². The Balaban J connectivity index is 1.93. The van der Waals surface area contributed by atoms with Crippen LogP contribution >= 0.6 is 0 Å². The SMILES string of the molecule is Cc1n[nH]c(C)c1NC(=O)c1cnc2ccccc2n1. The van der Waals surface area contributed by atoms with Crippen molar-refractivity contribution in [1.29, 1.82) is 0 Å². The first-order chi connectivity index (χ1) is 9.65. The number of rotatable bonds is 2. The van der Waals surface area contributed by atoms with Gasteiger partial charge in [-0.25, -0.2) is 4.98 Å². The molecule has 0 atom stereocenters. The van der Waals surface area contributed by atoms with E-state index in [0.717, 1.165) is 16.9 Å². The molecular formula is C14H13N5O. The van der Waals surface area contributed by atoms with Crippen LogP contribution in [0, 0.1) is 13.8 Å². The third-order valence-corrected chi connectivity index (χ3v) is 3.05. The van der Waals surface area contributed by atoms with Crippen molar-refractivity contribution >= 4 is 22.6 Å². The van der Waals surface area contributed by atoms with E-state index in [1.807, 2.05) is 38.1 Å². The van der Waals surface area contributed by atoms with E-state index in [1.165, 1.54) is 6.20 Å². The van der Waals surface area contributed by atoms with Crippen molar-refractivity contribution in [3.63, 3.8) is 0 Å². The van der Waals surface area contributed by atoms with Gasteiger partial charge in [0.2, 0.25) is 0 Å². The Morgan fingerprint density at radius 3 is 2.65 bits per heavy atom. The summed E-state index contributed by atoms with van der Waals surface area (Å²) in [6.07, 6.45) is 1.47. The summed E-state index contributed by atoms with van der Waals surface area (Å²) >= 11 is 0. The monoisotopic (exact) mass is 267 g/mol. The second-order valence-corrected chi connectivity index (χ2v) is 4.51. The van der Waals surface area contributed by atoms with Gasteiger partial charge in [0.25, 0.3) is 5.91 Å². The van der Waals surface area contributed by atoms with Crippen molar-refractivity contribution in [3.05, 3.63) is 47.5 Å². The van der Waals surface area contributed by atoms with Crippen molar-refractivity contribution in [2.45, 2.75) is 13.8 Å². The van der Waals surface area contributed by atoms with Gasteiger partial charge in [-0.15, -0.1) is 0 Å². The van der Waals surface area contributed by atoms with Crippen molar-refractivity contribution in [2.75, 3.05) is 5.32 Å². The highest BCUT2D eigenvalue weighted by molar-refractivity contribution is 6.04. The molecule has 1 amide bonds. The number of nitrogens with zero attached hydrogens (tertiary/aromatic N) is 3.